The number of hydrogen-bond acceptors (Lipinski definition) is 2. The highest BCUT2D eigenvalue weighted by Crippen LogP contribution is 2.30. The number of benzene rings is 1. The summed E-state index contributed by atoms with van der Waals surface area (Å²) in [4.78, 5) is 1.04. The van der Waals surface area contributed by atoms with Crippen LogP contribution >= 0.6 is 27.3 Å². The summed E-state index contributed by atoms with van der Waals surface area (Å²) >= 11 is 4.90. The van der Waals surface area contributed by atoms with Crippen LogP contribution in [0.15, 0.2) is 34.1 Å². The van der Waals surface area contributed by atoms with Crippen LogP contribution in [0.1, 0.15) is 16.0 Å². The number of thiophene rings is 1. The van der Waals surface area contributed by atoms with E-state index in [4.69, 9.17) is 0 Å². The Bertz CT molecular complexity index is 594. The molecule has 0 radical (unpaired) electrons. The first-order chi connectivity index (χ1) is 9.36. The summed E-state index contributed by atoms with van der Waals surface area (Å²) in [5, 5.41) is 4.90. The molecule has 0 bridgehead atoms. The Morgan fingerprint density at radius 3 is 2.50 bits per heavy atom. The van der Waals surface area contributed by atoms with E-state index in [1.807, 2.05) is 11.4 Å². The molecule has 2 rings (SSSR count). The zero-order valence-electron chi connectivity index (χ0n) is 10.1. The normalized spacial score (nSPS) is 11.8. The van der Waals surface area contributed by atoms with E-state index < -0.39 is 17.6 Å². The zero-order chi connectivity index (χ0) is 14.8. The first-order valence-electron chi connectivity index (χ1n) is 5.65. The second-order valence-electron chi connectivity index (χ2n) is 4.14. The second-order valence-corrected chi connectivity index (χ2v) is 6.00. The third-order valence-corrected chi connectivity index (χ3v) is 4.52. The Morgan fingerprint density at radius 1 is 1.15 bits per heavy atom. The molecule has 1 aromatic carbocycles. The standard InChI is InChI=1S/C13H10BrF4NS/c14-11-1-2-20-12(11)7-19-6-8-3-9(13(16,17)18)5-10(15)4-8/h1-5,19H,6-7H2. The van der Waals surface area contributed by atoms with Gasteiger partial charge in [-0.1, -0.05) is 0 Å². The first kappa shape index (κ1) is 15.5. The van der Waals surface area contributed by atoms with Gasteiger partial charge in [0.15, 0.2) is 0 Å². The van der Waals surface area contributed by atoms with Gasteiger partial charge in [0.25, 0.3) is 0 Å². The molecule has 0 amide bonds. The molecule has 0 unspecified atom stereocenters. The fourth-order valence-electron chi connectivity index (χ4n) is 1.69. The van der Waals surface area contributed by atoms with E-state index in [1.54, 1.807) is 0 Å². The van der Waals surface area contributed by atoms with Gasteiger partial charge in [-0.2, -0.15) is 13.2 Å². The summed E-state index contributed by atoms with van der Waals surface area (Å²) in [6, 6.07) is 4.45. The van der Waals surface area contributed by atoms with Crippen LogP contribution in [0, 0.1) is 5.82 Å². The molecule has 0 saturated heterocycles. The molecule has 0 fully saturated rings. The molecule has 0 aliphatic rings. The predicted molar refractivity (Wildman–Crippen MR) is 74.0 cm³/mol. The van der Waals surface area contributed by atoms with Crippen molar-refractivity contribution in [3.05, 3.63) is 55.9 Å². The van der Waals surface area contributed by atoms with Crippen molar-refractivity contribution in [2.24, 2.45) is 0 Å². The molecule has 0 spiro atoms. The van der Waals surface area contributed by atoms with Crippen LogP contribution in [0.2, 0.25) is 0 Å². The van der Waals surface area contributed by atoms with Crippen molar-refractivity contribution in [2.75, 3.05) is 0 Å². The highest BCUT2D eigenvalue weighted by molar-refractivity contribution is 9.10. The average Bonchev–Trinajstić information content (AvgIpc) is 2.73. The first-order valence-corrected chi connectivity index (χ1v) is 7.33. The lowest BCUT2D eigenvalue weighted by molar-refractivity contribution is -0.137. The summed E-state index contributed by atoms with van der Waals surface area (Å²) in [5.41, 5.74) is -0.698. The summed E-state index contributed by atoms with van der Waals surface area (Å²) in [7, 11) is 0. The summed E-state index contributed by atoms with van der Waals surface area (Å²) in [6.45, 7) is 0.682. The number of halogens is 5. The van der Waals surface area contributed by atoms with E-state index in [0.717, 1.165) is 21.5 Å². The SMILES string of the molecule is Fc1cc(CNCc2sccc2Br)cc(C(F)(F)F)c1. The maximum absolute atomic E-state index is 13.2. The van der Waals surface area contributed by atoms with E-state index in [9.17, 15) is 17.6 Å². The van der Waals surface area contributed by atoms with Crippen LogP contribution in [0.5, 0.6) is 0 Å². The third-order valence-electron chi connectivity index (χ3n) is 2.59. The second kappa shape index (κ2) is 6.24. The Morgan fingerprint density at radius 2 is 1.90 bits per heavy atom. The van der Waals surface area contributed by atoms with E-state index >= 15 is 0 Å². The molecule has 0 saturated carbocycles. The van der Waals surface area contributed by atoms with Crippen LogP contribution in [0.3, 0.4) is 0 Å². The molecule has 1 heterocycles. The lowest BCUT2D eigenvalue weighted by atomic mass is 10.1. The van der Waals surface area contributed by atoms with Gasteiger partial charge in [-0.25, -0.2) is 4.39 Å². The predicted octanol–water partition coefficient (Wildman–Crippen LogP) is 4.96. The smallest absolute Gasteiger partial charge is 0.308 e. The topological polar surface area (TPSA) is 12.0 Å². The number of hydrogen-bond donors (Lipinski definition) is 1. The van der Waals surface area contributed by atoms with E-state index in [-0.39, 0.29) is 12.1 Å². The number of nitrogens with one attached hydrogen (secondary N) is 1. The molecule has 108 valence electrons. The molecule has 2 aromatic rings. The Balaban J connectivity index is 2.03. The molecule has 0 aliphatic carbocycles. The molecule has 0 atom stereocenters. The molecular weight excluding hydrogens is 358 g/mol. The summed E-state index contributed by atoms with van der Waals surface area (Å²) < 4.78 is 51.8. The van der Waals surface area contributed by atoms with Gasteiger partial charge in [0.1, 0.15) is 5.82 Å². The Kier molecular flexibility index (Phi) is 4.82. The highest BCUT2D eigenvalue weighted by atomic mass is 79.9. The average molecular weight is 368 g/mol. The van der Waals surface area contributed by atoms with Crippen molar-refractivity contribution >= 4 is 27.3 Å². The van der Waals surface area contributed by atoms with E-state index in [0.29, 0.717) is 12.6 Å². The van der Waals surface area contributed by atoms with Crippen molar-refractivity contribution in [1.82, 2.24) is 5.32 Å². The van der Waals surface area contributed by atoms with Crippen LogP contribution in [-0.2, 0) is 19.3 Å². The molecule has 20 heavy (non-hydrogen) atoms. The van der Waals surface area contributed by atoms with Gasteiger partial charge >= 0.3 is 6.18 Å². The zero-order valence-corrected chi connectivity index (χ0v) is 12.5. The Labute approximate surface area is 125 Å². The fraction of sp³-hybridized carbons (Fsp3) is 0.231. The maximum atomic E-state index is 13.2. The highest BCUT2D eigenvalue weighted by Gasteiger charge is 2.31. The van der Waals surface area contributed by atoms with Crippen molar-refractivity contribution in [3.8, 4) is 0 Å². The van der Waals surface area contributed by atoms with Crippen molar-refractivity contribution in [3.63, 3.8) is 0 Å². The summed E-state index contributed by atoms with van der Waals surface area (Å²) in [6.07, 6.45) is -4.53. The molecule has 1 nitrogen and oxygen atoms in total. The lowest BCUT2D eigenvalue weighted by Crippen LogP contribution is -2.14. The van der Waals surface area contributed by atoms with Gasteiger partial charge in [0.2, 0.25) is 0 Å². The monoisotopic (exact) mass is 367 g/mol. The molecule has 1 N–H and O–H groups in total. The van der Waals surface area contributed by atoms with Crippen molar-refractivity contribution < 1.29 is 17.6 Å². The minimum Gasteiger partial charge on any atom is -0.308 e. The van der Waals surface area contributed by atoms with Gasteiger partial charge in [0, 0.05) is 22.4 Å². The lowest BCUT2D eigenvalue weighted by Gasteiger charge is -2.10. The summed E-state index contributed by atoms with van der Waals surface area (Å²) in [5.74, 6) is -0.881. The fourth-order valence-corrected chi connectivity index (χ4v) is 3.15. The van der Waals surface area contributed by atoms with Gasteiger partial charge in [0.05, 0.1) is 5.56 Å². The van der Waals surface area contributed by atoms with Gasteiger partial charge in [-0.15, -0.1) is 11.3 Å². The van der Waals surface area contributed by atoms with Crippen molar-refractivity contribution in [2.45, 2.75) is 19.3 Å². The van der Waals surface area contributed by atoms with Gasteiger partial charge in [-0.05, 0) is 51.1 Å². The van der Waals surface area contributed by atoms with E-state index in [1.165, 1.54) is 11.3 Å². The third kappa shape index (κ3) is 4.04. The van der Waals surface area contributed by atoms with Gasteiger partial charge < -0.3 is 5.32 Å². The molecular formula is C13H10BrF4NS. The Hall–Kier alpha value is -0.920. The maximum Gasteiger partial charge on any atom is 0.416 e. The van der Waals surface area contributed by atoms with Crippen molar-refractivity contribution in [1.29, 1.82) is 0 Å². The van der Waals surface area contributed by atoms with Gasteiger partial charge in [-0.3, -0.25) is 0 Å². The molecule has 7 heteroatoms. The largest absolute Gasteiger partial charge is 0.416 e. The van der Waals surface area contributed by atoms with Crippen LogP contribution in [0.25, 0.3) is 0 Å². The number of rotatable bonds is 4. The van der Waals surface area contributed by atoms with Crippen LogP contribution in [0.4, 0.5) is 17.6 Å². The molecule has 1 aromatic heterocycles. The minimum absolute atomic E-state index is 0.172. The van der Waals surface area contributed by atoms with E-state index in [2.05, 4.69) is 21.2 Å². The molecule has 0 aliphatic heterocycles. The number of alkyl halides is 3. The minimum atomic E-state index is -4.53. The van der Waals surface area contributed by atoms with Crippen LogP contribution < -0.4 is 5.32 Å². The van der Waals surface area contributed by atoms with Crippen LogP contribution in [-0.4, -0.2) is 0 Å². The quantitative estimate of drug-likeness (QED) is 0.753.